The van der Waals surface area contributed by atoms with E-state index in [0.717, 1.165) is 0 Å². The molecule has 0 radical (unpaired) electrons. The monoisotopic (exact) mass is 284 g/mol. The zero-order valence-electron chi connectivity index (χ0n) is 9.80. The van der Waals surface area contributed by atoms with Gasteiger partial charge >= 0.3 is 58.9 Å². The fourth-order valence-electron chi connectivity index (χ4n) is 0. The Kier molecular flexibility index (Phi) is 42.5. The predicted molar refractivity (Wildman–Crippen MR) is 41.1 cm³/mol. The van der Waals surface area contributed by atoms with E-state index >= 15 is 0 Å². The minimum absolute atomic E-state index is 0. The number of rotatable bonds is 0. The van der Waals surface area contributed by atoms with Gasteiger partial charge in [-0.05, 0) is 0 Å². The number of hydrogen-bond acceptors (Lipinski definition) is 9. The average Bonchev–Trinajstić information content (AvgIpc) is 2.19. The number of carboxylic acid groups (broad SMARTS) is 3. The molecule has 0 aliphatic rings. The van der Waals surface area contributed by atoms with Crippen LogP contribution >= 0.6 is 0 Å². The van der Waals surface area contributed by atoms with Crippen LogP contribution in [0.25, 0.3) is 0 Å². The summed E-state index contributed by atoms with van der Waals surface area (Å²) < 4.78 is 0. The SMILES string of the molecule is O=C(O)O[O-].O=C(O)O[O-].O=C(O)O[O-].[Al+3].[H-].[H-].[Mg+2]. The van der Waals surface area contributed by atoms with E-state index in [-0.39, 0.29) is 43.3 Å². The Balaban J connectivity index is -0.0000000206. The van der Waals surface area contributed by atoms with E-state index < -0.39 is 18.5 Å². The zero-order chi connectivity index (χ0) is 12.9. The summed E-state index contributed by atoms with van der Waals surface area (Å²) in [6.45, 7) is 0. The smallest absolute Gasteiger partial charge is 1.00 e. The van der Waals surface area contributed by atoms with Crippen molar-refractivity contribution in [3.05, 3.63) is 0 Å². The Morgan fingerprint density at radius 3 is 0.824 bits per heavy atom. The first kappa shape index (κ1) is 29.7. The van der Waals surface area contributed by atoms with Gasteiger partial charge in [-0.15, -0.1) is 0 Å². The van der Waals surface area contributed by atoms with Crippen LogP contribution in [0.15, 0.2) is 0 Å². The molecule has 0 fully saturated rings. The van der Waals surface area contributed by atoms with Crippen LogP contribution in [0, 0.1) is 0 Å². The Morgan fingerprint density at radius 2 is 0.824 bits per heavy atom. The number of carbonyl (C=O) groups is 3. The molecule has 0 unspecified atom stereocenters. The normalized spacial score (nSPS) is 5.82. The van der Waals surface area contributed by atoms with Gasteiger partial charge in [0.15, 0.2) is 0 Å². The molecular weight excluding hydrogens is 279 g/mol. The molecule has 0 spiro atoms. The number of hydrogen-bond donors (Lipinski definition) is 3. The van der Waals surface area contributed by atoms with Crippen LogP contribution in [-0.4, -0.2) is 74.2 Å². The van der Waals surface area contributed by atoms with Crippen LogP contribution in [0.5, 0.6) is 0 Å². The standard InChI is InChI=1S/3CH2O4.Al.Mg.2H/c3*2-1(3)5-4;;;;/h3*4H,(H,2,3);;;;/q;;;+3;+2;2*-1/p-3. The Hall–Kier alpha value is -1.01. The van der Waals surface area contributed by atoms with Crippen molar-refractivity contribution in [1.29, 1.82) is 0 Å². The third-order valence-electron chi connectivity index (χ3n) is 0.214. The molecule has 0 saturated carbocycles. The minimum atomic E-state index is -1.80. The molecule has 0 aliphatic carbocycles. The molecule has 14 heteroatoms. The molecule has 0 aromatic heterocycles. The van der Waals surface area contributed by atoms with Crippen molar-refractivity contribution in [3.63, 3.8) is 0 Å². The second-order valence-corrected chi connectivity index (χ2v) is 1.05. The van der Waals surface area contributed by atoms with Crippen LogP contribution in [0.4, 0.5) is 14.4 Å². The summed E-state index contributed by atoms with van der Waals surface area (Å²) in [6, 6.07) is 0. The molecule has 0 saturated heterocycles. The van der Waals surface area contributed by atoms with Crippen molar-refractivity contribution >= 4 is 58.9 Å². The Bertz CT molecular complexity index is 170. The van der Waals surface area contributed by atoms with E-state index in [1.165, 1.54) is 0 Å². The molecule has 0 amide bonds. The largest absolute Gasteiger partial charge is 3.00 e. The molecule has 0 aromatic carbocycles. The summed E-state index contributed by atoms with van der Waals surface area (Å²) in [5.41, 5.74) is 0. The summed E-state index contributed by atoms with van der Waals surface area (Å²) in [5.74, 6) is 0. The molecule has 94 valence electrons. The van der Waals surface area contributed by atoms with Crippen molar-refractivity contribution < 1.29 is 63.0 Å². The van der Waals surface area contributed by atoms with Gasteiger partial charge in [-0.3, -0.25) is 0 Å². The third-order valence-corrected chi connectivity index (χ3v) is 0.214. The third kappa shape index (κ3) is 102. The van der Waals surface area contributed by atoms with Gasteiger partial charge in [0, 0.05) is 0 Å². The molecule has 0 bridgehead atoms. The molecule has 3 N–H and O–H groups in total. The maximum atomic E-state index is 8.83. The maximum Gasteiger partial charge on any atom is 3.00 e. The first-order chi connectivity index (χ1) is 6.81. The summed E-state index contributed by atoms with van der Waals surface area (Å²) in [5, 5.41) is 47.2. The van der Waals surface area contributed by atoms with Gasteiger partial charge in [0.25, 0.3) is 0 Å². The first-order valence-electron chi connectivity index (χ1n) is 2.40. The van der Waals surface area contributed by atoms with E-state index in [2.05, 4.69) is 14.7 Å². The first-order valence-corrected chi connectivity index (χ1v) is 2.40. The summed E-state index contributed by atoms with van der Waals surface area (Å²) in [7, 11) is 0. The van der Waals surface area contributed by atoms with Crippen molar-refractivity contribution in [2.75, 3.05) is 0 Å². The maximum absolute atomic E-state index is 8.83. The van der Waals surface area contributed by atoms with Gasteiger partial charge in [-0.2, -0.15) is 0 Å². The van der Waals surface area contributed by atoms with Crippen molar-refractivity contribution in [1.82, 2.24) is 0 Å². The van der Waals surface area contributed by atoms with Gasteiger partial charge in [0.1, 0.15) is 0 Å². The molecule has 17 heavy (non-hydrogen) atoms. The van der Waals surface area contributed by atoms with Crippen molar-refractivity contribution in [2.45, 2.75) is 0 Å². The van der Waals surface area contributed by atoms with Gasteiger partial charge in [-0.1, -0.05) is 0 Å². The molecule has 0 atom stereocenters. The van der Waals surface area contributed by atoms with Gasteiger partial charge in [0.2, 0.25) is 0 Å². The molecule has 0 aliphatic heterocycles. The van der Waals surface area contributed by atoms with Crippen LogP contribution in [0.1, 0.15) is 2.85 Å². The fourth-order valence-corrected chi connectivity index (χ4v) is 0. The summed E-state index contributed by atoms with van der Waals surface area (Å²) in [4.78, 5) is 33.8. The van der Waals surface area contributed by atoms with Crippen molar-refractivity contribution in [2.24, 2.45) is 0 Å². The van der Waals surface area contributed by atoms with Crippen LogP contribution in [0.3, 0.4) is 0 Å². The second kappa shape index (κ2) is 24.3. The summed E-state index contributed by atoms with van der Waals surface area (Å²) in [6.07, 6.45) is -5.40. The van der Waals surface area contributed by atoms with E-state index in [9.17, 15) is 0 Å². The molecule has 0 heterocycles. The summed E-state index contributed by atoms with van der Waals surface area (Å²) >= 11 is 0. The average molecular weight is 284 g/mol. The minimum Gasteiger partial charge on any atom is -1.00 e. The predicted octanol–water partition coefficient (Wildman–Crippen LogP) is -3.67. The van der Waals surface area contributed by atoms with E-state index in [1.807, 2.05) is 0 Å². The fraction of sp³-hybridized carbons (Fsp3) is 0. The van der Waals surface area contributed by atoms with Gasteiger partial charge in [-0.25, -0.2) is 14.4 Å². The zero-order valence-corrected chi connectivity index (χ0v) is 10.4. The van der Waals surface area contributed by atoms with Crippen molar-refractivity contribution in [3.8, 4) is 0 Å². The Morgan fingerprint density at radius 1 is 0.765 bits per heavy atom. The topological polar surface area (TPSA) is 209 Å². The molecule has 12 nitrogen and oxygen atoms in total. The van der Waals surface area contributed by atoms with Gasteiger partial charge < -0.3 is 48.6 Å². The van der Waals surface area contributed by atoms with Crippen LogP contribution < -0.4 is 15.8 Å². The molecule has 0 aromatic rings. The van der Waals surface area contributed by atoms with E-state index in [4.69, 9.17) is 45.5 Å². The van der Waals surface area contributed by atoms with E-state index in [1.54, 1.807) is 0 Å². The Labute approximate surface area is 122 Å². The van der Waals surface area contributed by atoms with E-state index in [0.29, 0.717) is 0 Å². The quantitative estimate of drug-likeness (QED) is 0.223. The van der Waals surface area contributed by atoms with Crippen LogP contribution in [0.2, 0.25) is 0 Å². The molecule has 0 rings (SSSR count). The van der Waals surface area contributed by atoms with Crippen LogP contribution in [-0.2, 0) is 14.7 Å². The molecular formula is C3H5AlMgO12. The van der Waals surface area contributed by atoms with Gasteiger partial charge in [0.05, 0.1) is 0 Å². The second-order valence-electron chi connectivity index (χ2n) is 1.05.